The Labute approximate surface area is 68.0 Å². The molecule has 2 rings (SSSR count). The summed E-state index contributed by atoms with van der Waals surface area (Å²) in [6.07, 6.45) is 5.76. The SMILES string of the molecule is CC1(NCC2(O)CCC2)CC1. The lowest BCUT2D eigenvalue weighted by molar-refractivity contribution is -0.0335. The first-order chi connectivity index (χ1) is 5.12. The van der Waals surface area contributed by atoms with E-state index in [1.54, 1.807) is 0 Å². The van der Waals surface area contributed by atoms with E-state index in [-0.39, 0.29) is 5.60 Å². The van der Waals surface area contributed by atoms with Gasteiger partial charge in [-0.15, -0.1) is 0 Å². The number of hydrogen-bond donors (Lipinski definition) is 2. The number of nitrogens with one attached hydrogen (secondary N) is 1. The Morgan fingerprint density at radius 2 is 1.91 bits per heavy atom. The predicted octanol–water partition coefficient (Wildman–Crippen LogP) is 1.04. The van der Waals surface area contributed by atoms with Gasteiger partial charge in [-0.25, -0.2) is 0 Å². The van der Waals surface area contributed by atoms with E-state index in [9.17, 15) is 5.11 Å². The van der Waals surface area contributed by atoms with Gasteiger partial charge in [0.05, 0.1) is 5.60 Å². The molecule has 2 aliphatic rings. The molecule has 0 aromatic carbocycles. The zero-order valence-corrected chi connectivity index (χ0v) is 7.19. The molecule has 0 bridgehead atoms. The molecule has 0 aromatic rings. The highest BCUT2D eigenvalue weighted by Crippen LogP contribution is 2.37. The van der Waals surface area contributed by atoms with Gasteiger partial charge in [0, 0.05) is 12.1 Å². The third kappa shape index (κ3) is 1.57. The van der Waals surface area contributed by atoms with Crippen molar-refractivity contribution in [3.05, 3.63) is 0 Å². The second kappa shape index (κ2) is 2.20. The number of β-amino-alcohol motifs (C(OH)–C–C–N with tert-alkyl or cyclic N) is 1. The summed E-state index contributed by atoms with van der Waals surface area (Å²) in [4.78, 5) is 0. The third-order valence-electron chi connectivity index (χ3n) is 3.13. The Morgan fingerprint density at radius 3 is 2.27 bits per heavy atom. The highest BCUT2D eigenvalue weighted by atomic mass is 16.3. The average molecular weight is 155 g/mol. The molecule has 64 valence electrons. The first kappa shape index (κ1) is 7.56. The highest BCUT2D eigenvalue weighted by molar-refractivity contribution is 5.00. The summed E-state index contributed by atoms with van der Waals surface area (Å²) < 4.78 is 0. The van der Waals surface area contributed by atoms with Crippen LogP contribution in [-0.2, 0) is 0 Å². The van der Waals surface area contributed by atoms with E-state index in [0.29, 0.717) is 5.54 Å². The van der Waals surface area contributed by atoms with E-state index in [1.165, 1.54) is 19.3 Å². The van der Waals surface area contributed by atoms with Crippen LogP contribution in [0.1, 0.15) is 39.0 Å². The van der Waals surface area contributed by atoms with Gasteiger partial charge in [0.2, 0.25) is 0 Å². The Hall–Kier alpha value is -0.0800. The predicted molar refractivity (Wildman–Crippen MR) is 44.4 cm³/mol. The van der Waals surface area contributed by atoms with Crippen molar-refractivity contribution in [2.24, 2.45) is 0 Å². The van der Waals surface area contributed by atoms with Crippen LogP contribution in [0.2, 0.25) is 0 Å². The summed E-state index contributed by atoms with van der Waals surface area (Å²) in [5.74, 6) is 0. The van der Waals surface area contributed by atoms with Crippen molar-refractivity contribution >= 4 is 0 Å². The Morgan fingerprint density at radius 1 is 1.27 bits per heavy atom. The van der Waals surface area contributed by atoms with Gasteiger partial charge in [-0.05, 0) is 39.0 Å². The van der Waals surface area contributed by atoms with Crippen LogP contribution in [-0.4, -0.2) is 22.8 Å². The van der Waals surface area contributed by atoms with Crippen LogP contribution < -0.4 is 5.32 Å². The standard InChI is InChI=1S/C9H17NO/c1-8(5-6-8)10-7-9(11)3-2-4-9/h10-11H,2-7H2,1H3. The van der Waals surface area contributed by atoms with Crippen molar-refractivity contribution in [1.82, 2.24) is 5.32 Å². The fraction of sp³-hybridized carbons (Fsp3) is 1.00. The molecule has 2 N–H and O–H groups in total. The molecule has 0 aromatic heterocycles. The monoisotopic (exact) mass is 155 g/mol. The van der Waals surface area contributed by atoms with Gasteiger partial charge in [0.25, 0.3) is 0 Å². The fourth-order valence-electron chi connectivity index (χ4n) is 1.50. The lowest BCUT2D eigenvalue weighted by Gasteiger charge is -2.37. The van der Waals surface area contributed by atoms with Gasteiger partial charge in [-0.3, -0.25) is 0 Å². The minimum atomic E-state index is -0.342. The van der Waals surface area contributed by atoms with Crippen LogP contribution in [0.3, 0.4) is 0 Å². The van der Waals surface area contributed by atoms with Gasteiger partial charge >= 0.3 is 0 Å². The average Bonchev–Trinajstić information content (AvgIpc) is 2.61. The smallest absolute Gasteiger partial charge is 0.0771 e. The van der Waals surface area contributed by atoms with Crippen LogP contribution in [0, 0.1) is 0 Å². The van der Waals surface area contributed by atoms with Gasteiger partial charge in [0.15, 0.2) is 0 Å². The molecule has 2 saturated carbocycles. The van der Waals surface area contributed by atoms with Crippen LogP contribution in [0.5, 0.6) is 0 Å². The van der Waals surface area contributed by atoms with Crippen LogP contribution in [0.25, 0.3) is 0 Å². The third-order valence-corrected chi connectivity index (χ3v) is 3.13. The molecular formula is C9H17NO. The number of rotatable bonds is 3. The zero-order chi connectivity index (χ0) is 7.95. The van der Waals surface area contributed by atoms with E-state index in [2.05, 4.69) is 12.2 Å². The maximum absolute atomic E-state index is 9.74. The van der Waals surface area contributed by atoms with Gasteiger partial charge in [-0.2, -0.15) is 0 Å². The Bertz CT molecular complexity index is 159. The van der Waals surface area contributed by atoms with Crippen molar-refractivity contribution in [2.45, 2.75) is 50.2 Å². The molecule has 2 aliphatic carbocycles. The minimum Gasteiger partial charge on any atom is -0.389 e. The number of hydrogen-bond acceptors (Lipinski definition) is 2. The topological polar surface area (TPSA) is 32.3 Å². The molecular weight excluding hydrogens is 138 g/mol. The van der Waals surface area contributed by atoms with Crippen LogP contribution in [0.4, 0.5) is 0 Å². The van der Waals surface area contributed by atoms with E-state index >= 15 is 0 Å². The maximum atomic E-state index is 9.74. The summed E-state index contributed by atoms with van der Waals surface area (Å²) in [6, 6.07) is 0. The quantitative estimate of drug-likeness (QED) is 0.638. The molecule has 0 radical (unpaired) electrons. The maximum Gasteiger partial charge on any atom is 0.0771 e. The van der Waals surface area contributed by atoms with E-state index in [4.69, 9.17) is 0 Å². The summed E-state index contributed by atoms with van der Waals surface area (Å²) in [5, 5.41) is 13.2. The second-order valence-electron chi connectivity index (χ2n) is 4.49. The Balaban J connectivity index is 1.73. The lowest BCUT2D eigenvalue weighted by atomic mass is 9.80. The Kier molecular flexibility index (Phi) is 1.52. The molecule has 0 saturated heterocycles. The molecule has 0 spiro atoms. The van der Waals surface area contributed by atoms with Gasteiger partial charge in [0.1, 0.15) is 0 Å². The fourth-order valence-corrected chi connectivity index (χ4v) is 1.50. The molecule has 2 fully saturated rings. The van der Waals surface area contributed by atoms with Crippen molar-refractivity contribution in [3.63, 3.8) is 0 Å². The molecule has 2 nitrogen and oxygen atoms in total. The van der Waals surface area contributed by atoms with Crippen molar-refractivity contribution in [3.8, 4) is 0 Å². The largest absolute Gasteiger partial charge is 0.389 e. The highest BCUT2D eigenvalue weighted by Gasteiger charge is 2.41. The van der Waals surface area contributed by atoms with Crippen LogP contribution >= 0.6 is 0 Å². The first-order valence-electron chi connectivity index (χ1n) is 4.59. The minimum absolute atomic E-state index is 0.342. The number of aliphatic hydroxyl groups is 1. The van der Waals surface area contributed by atoms with E-state index in [1.807, 2.05) is 0 Å². The summed E-state index contributed by atoms with van der Waals surface area (Å²) in [5.41, 5.74) is 0.0386. The van der Waals surface area contributed by atoms with Crippen LogP contribution in [0.15, 0.2) is 0 Å². The normalized spacial score (nSPS) is 31.1. The second-order valence-corrected chi connectivity index (χ2v) is 4.49. The lowest BCUT2D eigenvalue weighted by Crippen LogP contribution is -2.49. The zero-order valence-electron chi connectivity index (χ0n) is 7.19. The molecule has 0 amide bonds. The van der Waals surface area contributed by atoms with E-state index in [0.717, 1.165) is 19.4 Å². The van der Waals surface area contributed by atoms with Crippen molar-refractivity contribution in [1.29, 1.82) is 0 Å². The molecule has 0 unspecified atom stereocenters. The molecule has 0 heterocycles. The van der Waals surface area contributed by atoms with Crippen molar-refractivity contribution in [2.75, 3.05) is 6.54 Å². The molecule has 2 heteroatoms. The van der Waals surface area contributed by atoms with Crippen molar-refractivity contribution < 1.29 is 5.11 Å². The molecule has 0 aliphatic heterocycles. The molecule has 0 atom stereocenters. The first-order valence-corrected chi connectivity index (χ1v) is 4.59. The summed E-state index contributed by atoms with van der Waals surface area (Å²) in [6.45, 7) is 3.04. The van der Waals surface area contributed by atoms with Gasteiger partial charge in [-0.1, -0.05) is 0 Å². The van der Waals surface area contributed by atoms with E-state index < -0.39 is 0 Å². The summed E-state index contributed by atoms with van der Waals surface area (Å²) >= 11 is 0. The summed E-state index contributed by atoms with van der Waals surface area (Å²) in [7, 11) is 0. The van der Waals surface area contributed by atoms with Gasteiger partial charge < -0.3 is 10.4 Å². The molecule has 11 heavy (non-hydrogen) atoms.